The van der Waals surface area contributed by atoms with Gasteiger partial charge in [-0.1, -0.05) is 6.92 Å². The van der Waals surface area contributed by atoms with Crippen LogP contribution in [0.4, 0.5) is 19.0 Å². The van der Waals surface area contributed by atoms with E-state index in [0.717, 1.165) is 10.7 Å². The largest absolute Gasteiger partial charge is 0.476 e. The Bertz CT molecular complexity index is 712. The quantitative estimate of drug-likeness (QED) is 0.837. The lowest BCUT2D eigenvalue weighted by Crippen LogP contribution is -2.22. The first kappa shape index (κ1) is 17.7. The Hall–Kier alpha value is -2.65. The highest BCUT2D eigenvalue weighted by molar-refractivity contribution is 5.85. The number of nitrogens with one attached hydrogen (secondary N) is 1. The van der Waals surface area contributed by atoms with E-state index in [-0.39, 0.29) is 18.2 Å². The van der Waals surface area contributed by atoms with E-state index in [1.165, 1.54) is 19.1 Å². The normalized spacial score (nSPS) is 12.9. The molecule has 0 fully saturated rings. The summed E-state index contributed by atoms with van der Waals surface area (Å²) in [5.74, 6) is -1.01. The number of carboxylic acid groups (broad SMARTS) is 1. The predicted octanol–water partition coefficient (Wildman–Crippen LogP) is 2.45. The number of nitrogens with zero attached hydrogens (tertiary/aromatic N) is 4. The van der Waals surface area contributed by atoms with E-state index in [9.17, 15) is 18.0 Å². The topological polar surface area (TPSA) is 92.9 Å². The molecule has 0 saturated heterocycles. The summed E-state index contributed by atoms with van der Waals surface area (Å²) >= 11 is 0. The van der Waals surface area contributed by atoms with Gasteiger partial charge < -0.3 is 10.4 Å². The number of rotatable bonds is 6. The summed E-state index contributed by atoms with van der Waals surface area (Å²) in [6.45, 7) is 3.69. The third kappa shape index (κ3) is 4.43. The second-order valence-corrected chi connectivity index (χ2v) is 5.45. The molecule has 0 aromatic carbocycles. The van der Waals surface area contributed by atoms with Gasteiger partial charge in [-0.2, -0.15) is 18.3 Å². The SMILES string of the molecule is Cc1cc(C(F)(F)F)n(CC(C)CNc2ccc(C(=O)O)nn2)n1. The predicted molar refractivity (Wildman–Crippen MR) is 78.6 cm³/mol. The molecule has 0 amide bonds. The monoisotopic (exact) mass is 343 g/mol. The molecule has 1 unspecified atom stereocenters. The van der Waals surface area contributed by atoms with E-state index >= 15 is 0 Å². The minimum Gasteiger partial charge on any atom is -0.476 e. The Balaban J connectivity index is 1.96. The van der Waals surface area contributed by atoms with E-state index < -0.39 is 17.8 Å². The molecule has 0 spiro atoms. The summed E-state index contributed by atoms with van der Waals surface area (Å²) in [7, 11) is 0. The van der Waals surface area contributed by atoms with Gasteiger partial charge in [-0.25, -0.2) is 4.79 Å². The van der Waals surface area contributed by atoms with Gasteiger partial charge in [-0.3, -0.25) is 4.68 Å². The van der Waals surface area contributed by atoms with E-state index in [1.807, 2.05) is 0 Å². The van der Waals surface area contributed by atoms with Crippen molar-refractivity contribution in [2.45, 2.75) is 26.6 Å². The molecule has 2 aromatic rings. The number of aromatic nitrogens is 4. The summed E-state index contributed by atoms with van der Waals surface area (Å²) in [4.78, 5) is 10.7. The zero-order valence-corrected chi connectivity index (χ0v) is 13.0. The third-order valence-electron chi connectivity index (χ3n) is 3.19. The molecule has 0 bridgehead atoms. The van der Waals surface area contributed by atoms with Crippen molar-refractivity contribution in [2.75, 3.05) is 11.9 Å². The van der Waals surface area contributed by atoms with Gasteiger partial charge >= 0.3 is 12.1 Å². The summed E-state index contributed by atoms with van der Waals surface area (Å²) in [6.07, 6.45) is -4.45. The number of anilines is 1. The zero-order chi connectivity index (χ0) is 17.9. The molecular formula is C14H16F3N5O2. The molecule has 0 radical (unpaired) electrons. The molecule has 0 aliphatic heterocycles. The molecule has 2 rings (SSSR count). The second kappa shape index (κ2) is 6.85. The molecule has 7 nitrogen and oxygen atoms in total. The molecule has 0 aliphatic carbocycles. The number of aromatic carboxylic acids is 1. The average Bonchev–Trinajstić information content (AvgIpc) is 2.86. The fourth-order valence-corrected chi connectivity index (χ4v) is 2.09. The van der Waals surface area contributed by atoms with Crippen molar-refractivity contribution in [3.05, 3.63) is 35.3 Å². The van der Waals surface area contributed by atoms with Crippen LogP contribution in [-0.2, 0) is 12.7 Å². The van der Waals surface area contributed by atoms with Crippen molar-refractivity contribution in [1.29, 1.82) is 0 Å². The maximum atomic E-state index is 12.9. The van der Waals surface area contributed by atoms with Crippen LogP contribution in [0.3, 0.4) is 0 Å². The maximum Gasteiger partial charge on any atom is 0.433 e. The first-order valence-electron chi connectivity index (χ1n) is 7.09. The van der Waals surface area contributed by atoms with Crippen LogP contribution >= 0.6 is 0 Å². The third-order valence-corrected chi connectivity index (χ3v) is 3.19. The molecule has 1 atom stereocenters. The molecule has 2 heterocycles. The van der Waals surface area contributed by atoms with E-state index in [1.54, 1.807) is 6.92 Å². The molecule has 2 N–H and O–H groups in total. The average molecular weight is 343 g/mol. The van der Waals surface area contributed by atoms with E-state index in [4.69, 9.17) is 5.11 Å². The lowest BCUT2D eigenvalue weighted by Gasteiger charge is -2.16. The highest BCUT2D eigenvalue weighted by Gasteiger charge is 2.35. The second-order valence-electron chi connectivity index (χ2n) is 5.45. The minimum absolute atomic E-state index is 0.0797. The van der Waals surface area contributed by atoms with Crippen molar-refractivity contribution in [3.63, 3.8) is 0 Å². The van der Waals surface area contributed by atoms with Crippen LogP contribution in [0.15, 0.2) is 18.2 Å². The highest BCUT2D eigenvalue weighted by atomic mass is 19.4. The fraction of sp³-hybridized carbons (Fsp3) is 0.429. The Morgan fingerprint density at radius 1 is 1.38 bits per heavy atom. The van der Waals surface area contributed by atoms with Gasteiger partial charge in [-0.15, -0.1) is 10.2 Å². The standard InChI is InChI=1S/C14H16F3N5O2/c1-8(6-18-12-4-3-10(13(23)24)19-20-12)7-22-11(14(15,16)17)5-9(2)21-22/h3-5,8H,6-7H2,1-2H3,(H,18,20)(H,23,24). The first-order valence-corrected chi connectivity index (χ1v) is 7.09. The van der Waals surface area contributed by atoms with Gasteiger partial charge in [0.15, 0.2) is 5.69 Å². The summed E-state index contributed by atoms with van der Waals surface area (Å²) < 4.78 is 39.7. The Kier molecular flexibility index (Phi) is 5.05. The number of aryl methyl sites for hydroxylation is 1. The van der Waals surface area contributed by atoms with Crippen LogP contribution < -0.4 is 5.32 Å². The number of halogens is 3. The van der Waals surface area contributed by atoms with Crippen LogP contribution in [0, 0.1) is 12.8 Å². The number of carbonyl (C=O) groups is 1. The minimum atomic E-state index is -4.45. The number of alkyl halides is 3. The van der Waals surface area contributed by atoms with Crippen LogP contribution in [0.25, 0.3) is 0 Å². The maximum absolute atomic E-state index is 12.9. The molecule has 2 aromatic heterocycles. The Morgan fingerprint density at radius 2 is 2.08 bits per heavy atom. The van der Waals surface area contributed by atoms with Gasteiger partial charge in [0, 0.05) is 13.1 Å². The number of hydrogen-bond donors (Lipinski definition) is 2. The molecule has 10 heteroatoms. The molecule has 130 valence electrons. The molecular weight excluding hydrogens is 327 g/mol. The van der Waals surface area contributed by atoms with Crippen LogP contribution in [0.5, 0.6) is 0 Å². The lowest BCUT2D eigenvalue weighted by atomic mass is 10.2. The number of carboxylic acids is 1. The first-order chi connectivity index (χ1) is 11.2. The lowest BCUT2D eigenvalue weighted by molar-refractivity contribution is -0.144. The van der Waals surface area contributed by atoms with Crippen molar-refractivity contribution < 1.29 is 23.1 Å². The molecule has 0 aliphatic rings. The fourth-order valence-electron chi connectivity index (χ4n) is 2.09. The summed E-state index contributed by atoms with van der Waals surface area (Å²) in [6, 6.07) is 3.75. The summed E-state index contributed by atoms with van der Waals surface area (Å²) in [5.41, 5.74) is -0.662. The highest BCUT2D eigenvalue weighted by Crippen LogP contribution is 2.30. The zero-order valence-electron chi connectivity index (χ0n) is 13.0. The van der Waals surface area contributed by atoms with Crippen molar-refractivity contribution in [1.82, 2.24) is 20.0 Å². The van der Waals surface area contributed by atoms with Crippen LogP contribution in [-0.4, -0.2) is 37.6 Å². The van der Waals surface area contributed by atoms with Crippen molar-refractivity contribution in [2.24, 2.45) is 5.92 Å². The smallest absolute Gasteiger partial charge is 0.433 e. The van der Waals surface area contributed by atoms with Gasteiger partial charge in [0.1, 0.15) is 11.5 Å². The van der Waals surface area contributed by atoms with E-state index in [2.05, 4.69) is 20.6 Å². The molecule has 24 heavy (non-hydrogen) atoms. The van der Waals surface area contributed by atoms with Gasteiger partial charge in [0.25, 0.3) is 0 Å². The summed E-state index contributed by atoms with van der Waals surface area (Å²) in [5, 5.41) is 22.7. The van der Waals surface area contributed by atoms with E-state index in [0.29, 0.717) is 18.1 Å². The van der Waals surface area contributed by atoms with Gasteiger partial charge in [0.2, 0.25) is 0 Å². The van der Waals surface area contributed by atoms with Gasteiger partial charge in [-0.05, 0) is 31.0 Å². The Morgan fingerprint density at radius 3 is 2.62 bits per heavy atom. The van der Waals surface area contributed by atoms with Crippen molar-refractivity contribution >= 4 is 11.8 Å². The number of hydrogen-bond acceptors (Lipinski definition) is 5. The van der Waals surface area contributed by atoms with Crippen LogP contribution in [0.2, 0.25) is 0 Å². The van der Waals surface area contributed by atoms with Crippen molar-refractivity contribution in [3.8, 4) is 0 Å². The molecule has 0 saturated carbocycles. The van der Waals surface area contributed by atoms with Crippen LogP contribution in [0.1, 0.15) is 28.8 Å². The van der Waals surface area contributed by atoms with Gasteiger partial charge in [0.05, 0.1) is 5.69 Å². The Labute approximate surface area is 135 Å².